The Morgan fingerprint density at radius 3 is 2.13 bits per heavy atom. The summed E-state index contributed by atoms with van der Waals surface area (Å²) in [5, 5.41) is 0. The Hall–Kier alpha value is -1.97. The van der Waals surface area contributed by atoms with Gasteiger partial charge in [0.25, 0.3) is 0 Å². The largest absolute Gasteiger partial charge is 0.451 e. The third kappa shape index (κ3) is 2.10. The lowest BCUT2D eigenvalue weighted by atomic mass is 10.3. The van der Waals surface area contributed by atoms with Crippen molar-refractivity contribution in [1.82, 2.24) is 4.98 Å². The fraction of sp³-hybridized carbons (Fsp3) is 0. The predicted octanol–water partition coefficient (Wildman–Crippen LogP) is 3.15. The molecule has 1 heterocycles. The summed E-state index contributed by atoms with van der Waals surface area (Å²) in [6.07, 6.45) is 1.81. The van der Waals surface area contributed by atoms with Crippen LogP contribution >= 0.6 is 0 Å². The topological polar surface area (TPSA) is 22.1 Å². The van der Waals surface area contributed by atoms with Crippen molar-refractivity contribution in [3.63, 3.8) is 0 Å². The third-order valence-corrected chi connectivity index (χ3v) is 1.77. The SMILES string of the molecule is Fc1cncc(F)c1Oc1ccccc1. The van der Waals surface area contributed by atoms with Gasteiger partial charge in [-0.1, -0.05) is 18.2 Å². The molecule has 76 valence electrons. The normalized spacial score (nSPS) is 10.0. The van der Waals surface area contributed by atoms with Crippen LogP contribution in [0, 0.1) is 11.6 Å². The van der Waals surface area contributed by atoms with Crippen LogP contribution in [-0.4, -0.2) is 4.98 Å². The minimum atomic E-state index is -0.821. The van der Waals surface area contributed by atoms with Gasteiger partial charge in [0.05, 0.1) is 12.4 Å². The van der Waals surface area contributed by atoms with Crippen LogP contribution in [0.25, 0.3) is 0 Å². The molecule has 1 aromatic carbocycles. The maximum Gasteiger partial charge on any atom is 0.201 e. The highest BCUT2D eigenvalue weighted by molar-refractivity contribution is 5.31. The van der Waals surface area contributed by atoms with Crippen LogP contribution in [-0.2, 0) is 0 Å². The third-order valence-electron chi connectivity index (χ3n) is 1.77. The van der Waals surface area contributed by atoms with Crippen molar-refractivity contribution in [3.05, 3.63) is 54.4 Å². The number of halogens is 2. The molecule has 0 amide bonds. The maximum atomic E-state index is 13.1. The standard InChI is InChI=1S/C11H7F2NO/c12-9-6-14-7-10(13)11(9)15-8-4-2-1-3-5-8/h1-7H. The first-order valence-corrected chi connectivity index (χ1v) is 4.29. The van der Waals surface area contributed by atoms with Gasteiger partial charge in [0, 0.05) is 0 Å². The second-order valence-corrected chi connectivity index (χ2v) is 2.85. The molecule has 0 atom stereocenters. The molecule has 0 bridgehead atoms. The van der Waals surface area contributed by atoms with Gasteiger partial charge in [-0.05, 0) is 12.1 Å². The summed E-state index contributed by atoms with van der Waals surface area (Å²) in [5.74, 6) is -1.70. The second-order valence-electron chi connectivity index (χ2n) is 2.85. The number of hydrogen-bond donors (Lipinski definition) is 0. The molecule has 0 aliphatic carbocycles. The maximum absolute atomic E-state index is 13.1. The van der Waals surface area contributed by atoms with Gasteiger partial charge in [-0.2, -0.15) is 0 Å². The zero-order chi connectivity index (χ0) is 10.7. The van der Waals surface area contributed by atoms with Crippen molar-refractivity contribution >= 4 is 0 Å². The van der Waals surface area contributed by atoms with Crippen LogP contribution in [0.15, 0.2) is 42.7 Å². The van der Waals surface area contributed by atoms with Gasteiger partial charge in [-0.25, -0.2) is 8.78 Å². The summed E-state index contributed by atoms with van der Waals surface area (Å²) in [4.78, 5) is 3.36. The Kier molecular flexibility index (Phi) is 2.58. The van der Waals surface area contributed by atoms with Crippen molar-refractivity contribution in [2.75, 3.05) is 0 Å². The van der Waals surface area contributed by atoms with Crippen LogP contribution in [0.1, 0.15) is 0 Å². The van der Waals surface area contributed by atoms with E-state index in [1.807, 2.05) is 0 Å². The summed E-state index contributed by atoms with van der Waals surface area (Å²) in [6.45, 7) is 0. The van der Waals surface area contributed by atoms with Gasteiger partial charge in [0.2, 0.25) is 5.75 Å². The molecular weight excluding hydrogens is 200 g/mol. The zero-order valence-corrected chi connectivity index (χ0v) is 7.65. The summed E-state index contributed by atoms with van der Waals surface area (Å²) in [7, 11) is 0. The monoisotopic (exact) mass is 207 g/mol. The molecule has 0 fully saturated rings. The average molecular weight is 207 g/mol. The predicted molar refractivity (Wildman–Crippen MR) is 50.7 cm³/mol. The molecule has 0 aliphatic rings. The molecule has 4 heteroatoms. The number of ether oxygens (including phenoxy) is 1. The van der Waals surface area contributed by atoms with Gasteiger partial charge in [0.15, 0.2) is 11.6 Å². The number of nitrogens with zero attached hydrogens (tertiary/aromatic N) is 1. The average Bonchev–Trinajstić information content (AvgIpc) is 2.25. The van der Waals surface area contributed by atoms with E-state index in [0.29, 0.717) is 5.75 Å². The zero-order valence-electron chi connectivity index (χ0n) is 7.65. The van der Waals surface area contributed by atoms with E-state index in [-0.39, 0.29) is 0 Å². The van der Waals surface area contributed by atoms with Crippen molar-refractivity contribution < 1.29 is 13.5 Å². The number of pyridine rings is 1. The number of rotatable bonds is 2. The Bertz CT molecular complexity index is 439. The van der Waals surface area contributed by atoms with Crippen LogP contribution in [0.4, 0.5) is 8.78 Å². The summed E-state index contributed by atoms with van der Waals surface area (Å²) < 4.78 is 31.3. The molecule has 1 aromatic heterocycles. The molecule has 0 aliphatic heterocycles. The van der Waals surface area contributed by atoms with Crippen LogP contribution in [0.3, 0.4) is 0 Å². The van der Waals surface area contributed by atoms with Crippen LogP contribution in [0.2, 0.25) is 0 Å². The van der Waals surface area contributed by atoms with E-state index in [1.165, 1.54) is 0 Å². The minimum absolute atomic E-state index is 0.376. The highest BCUT2D eigenvalue weighted by Gasteiger charge is 2.10. The Morgan fingerprint density at radius 2 is 1.53 bits per heavy atom. The lowest BCUT2D eigenvalue weighted by Gasteiger charge is -2.06. The molecule has 0 unspecified atom stereocenters. The molecule has 2 rings (SSSR count). The first kappa shape index (κ1) is 9.58. The second kappa shape index (κ2) is 4.04. The van der Waals surface area contributed by atoms with Gasteiger partial charge < -0.3 is 4.74 Å². The van der Waals surface area contributed by atoms with E-state index in [0.717, 1.165) is 12.4 Å². The van der Waals surface area contributed by atoms with E-state index in [1.54, 1.807) is 30.3 Å². The van der Waals surface area contributed by atoms with Gasteiger partial charge in [-0.15, -0.1) is 0 Å². The smallest absolute Gasteiger partial charge is 0.201 e. The molecule has 2 nitrogen and oxygen atoms in total. The molecule has 0 spiro atoms. The van der Waals surface area contributed by atoms with Crippen molar-refractivity contribution in [2.45, 2.75) is 0 Å². The quantitative estimate of drug-likeness (QED) is 0.754. The first-order chi connectivity index (χ1) is 7.27. The van der Waals surface area contributed by atoms with E-state index in [4.69, 9.17) is 4.74 Å². The molecule has 0 radical (unpaired) electrons. The molecule has 0 N–H and O–H groups in total. The highest BCUT2D eigenvalue weighted by atomic mass is 19.1. The summed E-state index contributed by atoms with van der Waals surface area (Å²) >= 11 is 0. The van der Waals surface area contributed by atoms with Crippen molar-refractivity contribution in [1.29, 1.82) is 0 Å². The van der Waals surface area contributed by atoms with E-state index in [2.05, 4.69) is 4.98 Å². The molecule has 15 heavy (non-hydrogen) atoms. The Labute approximate surface area is 85.2 Å². The highest BCUT2D eigenvalue weighted by Crippen LogP contribution is 2.25. The number of para-hydroxylation sites is 1. The van der Waals surface area contributed by atoms with E-state index < -0.39 is 17.4 Å². The van der Waals surface area contributed by atoms with Crippen LogP contribution < -0.4 is 4.74 Å². The van der Waals surface area contributed by atoms with Crippen molar-refractivity contribution in [3.8, 4) is 11.5 Å². The first-order valence-electron chi connectivity index (χ1n) is 4.29. The lowest BCUT2D eigenvalue weighted by Crippen LogP contribution is -1.93. The van der Waals surface area contributed by atoms with E-state index >= 15 is 0 Å². The fourth-order valence-electron chi connectivity index (χ4n) is 1.10. The summed E-state index contributed by atoms with van der Waals surface area (Å²) in [6, 6.07) is 8.43. The molecule has 0 saturated carbocycles. The molecule has 0 saturated heterocycles. The number of hydrogen-bond acceptors (Lipinski definition) is 2. The van der Waals surface area contributed by atoms with E-state index in [9.17, 15) is 8.78 Å². The minimum Gasteiger partial charge on any atom is -0.451 e. The Morgan fingerprint density at radius 1 is 0.933 bits per heavy atom. The summed E-state index contributed by atoms with van der Waals surface area (Å²) in [5.41, 5.74) is 0. The van der Waals surface area contributed by atoms with Gasteiger partial charge >= 0.3 is 0 Å². The van der Waals surface area contributed by atoms with Crippen molar-refractivity contribution in [2.24, 2.45) is 0 Å². The molecule has 2 aromatic rings. The van der Waals surface area contributed by atoms with Crippen LogP contribution in [0.5, 0.6) is 11.5 Å². The number of benzene rings is 1. The lowest BCUT2D eigenvalue weighted by molar-refractivity contribution is 0.404. The number of aromatic nitrogens is 1. The molecular formula is C11H7F2NO. The van der Waals surface area contributed by atoms with Gasteiger partial charge in [0.1, 0.15) is 5.75 Å². The fourth-order valence-corrected chi connectivity index (χ4v) is 1.10. The Balaban J connectivity index is 2.32. The van der Waals surface area contributed by atoms with Gasteiger partial charge in [-0.3, -0.25) is 4.98 Å².